The molecule has 1 N–H and O–H groups in total. The molecule has 2 aromatic rings. The van der Waals surface area contributed by atoms with Crippen LogP contribution in [0.15, 0.2) is 48.5 Å². The minimum atomic E-state index is -1.17. The van der Waals surface area contributed by atoms with Crippen molar-refractivity contribution in [1.82, 2.24) is 5.32 Å². The molecule has 138 valence electrons. The number of aliphatic carboxylic acids is 1. The summed E-state index contributed by atoms with van der Waals surface area (Å²) in [4.78, 5) is 22.9. The number of ether oxygens (including phenoxy) is 1. The van der Waals surface area contributed by atoms with E-state index in [0.29, 0.717) is 22.1 Å². The van der Waals surface area contributed by atoms with Crippen LogP contribution in [0.1, 0.15) is 32.3 Å². The van der Waals surface area contributed by atoms with Crippen LogP contribution >= 0.6 is 11.6 Å². The molecule has 0 fully saturated rings. The Morgan fingerprint density at radius 3 is 2.42 bits per heavy atom. The maximum Gasteiger partial charge on any atom is 0.220 e. The average Bonchev–Trinajstić information content (AvgIpc) is 2.53. The van der Waals surface area contributed by atoms with E-state index in [2.05, 4.69) is 5.32 Å². The smallest absolute Gasteiger partial charge is 0.220 e. The number of halogens is 1. The first-order valence-corrected chi connectivity index (χ1v) is 8.61. The van der Waals surface area contributed by atoms with Crippen molar-refractivity contribution in [3.63, 3.8) is 0 Å². The number of carboxylic acids is 1. The molecule has 0 bridgehead atoms. The third-order valence-corrected chi connectivity index (χ3v) is 4.13. The summed E-state index contributed by atoms with van der Waals surface area (Å²) in [5.74, 6) is -0.218. The Morgan fingerprint density at radius 1 is 1.08 bits per heavy atom. The molecule has 2 rings (SSSR count). The van der Waals surface area contributed by atoms with Gasteiger partial charge in [-0.3, -0.25) is 4.79 Å². The molecule has 0 aromatic heterocycles. The van der Waals surface area contributed by atoms with E-state index >= 15 is 0 Å². The van der Waals surface area contributed by atoms with Crippen LogP contribution in [0, 0.1) is 5.41 Å². The van der Waals surface area contributed by atoms with Gasteiger partial charge in [-0.05, 0) is 36.1 Å². The number of carboxylic acid groups (broad SMARTS) is 1. The Kier molecular flexibility index (Phi) is 6.64. The van der Waals surface area contributed by atoms with Gasteiger partial charge in [-0.2, -0.15) is 0 Å². The number of hydrogen-bond acceptors (Lipinski definition) is 4. The standard InChI is InChI=1S/C20H22ClNO4/c1-20(2,12-19(24)25)11-18(23)22-13-15-16(21)9-6-10-17(15)26-14-7-4-3-5-8-14/h3-10H,11-13H2,1-2H3,(H,22,23)(H,24,25)/p-1. The molecular formula is C20H21ClNO4-. The van der Waals surface area contributed by atoms with Crippen molar-refractivity contribution in [3.05, 3.63) is 59.1 Å². The number of amides is 1. The third kappa shape index (κ3) is 6.08. The molecule has 0 aliphatic heterocycles. The van der Waals surface area contributed by atoms with Crippen molar-refractivity contribution in [3.8, 4) is 11.5 Å². The van der Waals surface area contributed by atoms with Gasteiger partial charge in [0, 0.05) is 29.5 Å². The van der Waals surface area contributed by atoms with E-state index in [-0.39, 0.29) is 25.3 Å². The van der Waals surface area contributed by atoms with Crippen molar-refractivity contribution in [2.24, 2.45) is 5.41 Å². The molecule has 5 nitrogen and oxygen atoms in total. The van der Waals surface area contributed by atoms with Gasteiger partial charge >= 0.3 is 0 Å². The fourth-order valence-electron chi connectivity index (χ4n) is 2.56. The molecule has 6 heteroatoms. The van der Waals surface area contributed by atoms with E-state index in [1.807, 2.05) is 30.3 Å². The number of rotatable bonds is 8. The first-order chi connectivity index (χ1) is 12.3. The maximum absolute atomic E-state index is 12.2. The van der Waals surface area contributed by atoms with Crippen molar-refractivity contribution < 1.29 is 19.4 Å². The Bertz CT molecular complexity index is 775. The zero-order chi connectivity index (χ0) is 19.2. The van der Waals surface area contributed by atoms with E-state index < -0.39 is 11.4 Å². The van der Waals surface area contributed by atoms with E-state index in [1.54, 1.807) is 32.0 Å². The summed E-state index contributed by atoms with van der Waals surface area (Å²) < 4.78 is 5.85. The summed E-state index contributed by atoms with van der Waals surface area (Å²) in [6, 6.07) is 14.5. The monoisotopic (exact) mass is 374 g/mol. The minimum Gasteiger partial charge on any atom is -0.550 e. The molecule has 0 aliphatic carbocycles. The third-order valence-electron chi connectivity index (χ3n) is 3.77. The van der Waals surface area contributed by atoms with Crippen molar-refractivity contribution >= 4 is 23.5 Å². The van der Waals surface area contributed by atoms with Crippen LogP contribution in [0.5, 0.6) is 11.5 Å². The molecule has 0 saturated carbocycles. The highest BCUT2D eigenvalue weighted by Gasteiger charge is 2.22. The number of hydrogen-bond donors (Lipinski definition) is 1. The molecule has 0 heterocycles. The average molecular weight is 375 g/mol. The van der Waals surface area contributed by atoms with Gasteiger partial charge in [0.15, 0.2) is 0 Å². The van der Waals surface area contributed by atoms with E-state index in [9.17, 15) is 14.7 Å². The molecule has 0 spiro atoms. The summed E-state index contributed by atoms with van der Waals surface area (Å²) >= 11 is 6.26. The van der Waals surface area contributed by atoms with Crippen LogP contribution in [0.4, 0.5) is 0 Å². The maximum atomic E-state index is 12.2. The molecule has 0 saturated heterocycles. The largest absolute Gasteiger partial charge is 0.550 e. The minimum absolute atomic E-state index is 0.0698. The number of nitrogens with one attached hydrogen (secondary N) is 1. The van der Waals surface area contributed by atoms with Crippen LogP contribution in [-0.2, 0) is 16.1 Å². The van der Waals surface area contributed by atoms with E-state index in [1.165, 1.54) is 0 Å². The van der Waals surface area contributed by atoms with Gasteiger partial charge < -0.3 is 20.0 Å². The lowest BCUT2D eigenvalue weighted by Crippen LogP contribution is -2.33. The van der Waals surface area contributed by atoms with Crippen LogP contribution in [0.25, 0.3) is 0 Å². The lowest BCUT2D eigenvalue weighted by Gasteiger charge is -2.24. The van der Waals surface area contributed by atoms with Crippen molar-refractivity contribution in [2.75, 3.05) is 0 Å². The predicted molar refractivity (Wildman–Crippen MR) is 97.8 cm³/mol. The van der Waals surface area contributed by atoms with Gasteiger partial charge in [-0.25, -0.2) is 0 Å². The Balaban J connectivity index is 2.05. The first kappa shape index (κ1) is 19.8. The lowest BCUT2D eigenvalue weighted by molar-refractivity contribution is -0.307. The van der Waals surface area contributed by atoms with Crippen molar-refractivity contribution in [2.45, 2.75) is 33.2 Å². The van der Waals surface area contributed by atoms with Crippen LogP contribution < -0.4 is 15.2 Å². The first-order valence-electron chi connectivity index (χ1n) is 8.24. The quantitative estimate of drug-likeness (QED) is 0.768. The summed E-state index contributed by atoms with van der Waals surface area (Å²) in [7, 11) is 0. The van der Waals surface area contributed by atoms with Gasteiger partial charge in [-0.1, -0.05) is 49.7 Å². The molecule has 1 amide bonds. The highest BCUT2D eigenvalue weighted by atomic mass is 35.5. The lowest BCUT2D eigenvalue weighted by atomic mass is 9.85. The van der Waals surface area contributed by atoms with Crippen LogP contribution in [-0.4, -0.2) is 11.9 Å². The zero-order valence-electron chi connectivity index (χ0n) is 14.8. The highest BCUT2D eigenvalue weighted by molar-refractivity contribution is 6.31. The Labute approximate surface area is 157 Å². The summed E-state index contributed by atoms with van der Waals surface area (Å²) in [6.07, 6.45) is -0.116. The van der Waals surface area contributed by atoms with Gasteiger partial charge in [-0.15, -0.1) is 0 Å². The second-order valence-corrected chi connectivity index (χ2v) is 7.21. The SMILES string of the molecule is CC(C)(CC(=O)[O-])CC(=O)NCc1c(Cl)cccc1Oc1ccccc1. The van der Waals surface area contributed by atoms with Crippen LogP contribution in [0.3, 0.4) is 0 Å². The van der Waals surface area contributed by atoms with Crippen molar-refractivity contribution in [1.29, 1.82) is 0 Å². The molecule has 0 unspecified atom stereocenters. The Hall–Kier alpha value is -2.53. The fraction of sp³-hybridized carbons (Fsp3) is 0.300. The molecule has 0 radical (unpaired) electrons. The summed E-state index contributed by atoms with van der Waals surface area (Å²) in [6.45, 7) is 3.60. The second kappa shape index (κ2) is 8.72. The fourth-order valence-corrected chi connectivity index (χ4v) is 2.79. The molecule has 0 atom stereocenters. The van der Waals surface area contributed by atoms with E-state index in [4.69, 9.17) is 16.3 Å². The second-order valence-electron chi connectivity index (χ2n) is 6.80. The number of carbonyl (C=O) groups excluding carboxylic acids is 2. The molecule has 0 aliphatic rings. The molecule has 2 aromatic carbocycles. The van der Waals surface area contributed by atoms with Gasteiger partial charge in [0.2, 0.25) is 5.91 Å². The molecular weight excluding hydrogens is 354 g/mol. The summed E-state index contributed by atoms with van der Waals surface area (Å²) in [5, 5.41) is 14.0. The topological polar surface area (TPSA) is 78.5 Å². The number of para-hydroxylation sites is 1. The van der Waals surface area contributed by atoms with Gasteiger partial charge in [0.1, 0.15) is 11.5 Å². The van der Waals surface area contributed by atoms with E-state index in [0.717, 1.165) is 0 Å². The van der Waals surface area contributed by atoms with Gasteiger partial charge in [0.05, 0.1) is 0 Å². The molecule has 26 heavy (non-hydrogen) atoms. The number of carbonyl (C=O) groups is 2. The zero-order valence-corrected chi connectivity index (χ0v) is 15.5. The number of benzene rings is 2. The van der Waals surface area contributed by atoms with Gasteiger partial charge in [0.25, 0.3) is 0 Å². The van der Waals surface area contributed by atoms with Crippen LogP contribution in [0.2, 0.25) is 5.02 Å². The Morgan fingerprint density at radius 2 is 1.77 bits per heavy atom. The normalized spacial score (nSPS) is 11.0. The highest BCUT2D eigenvalue weighted by Crippen LogP contribution is 2.30. The summed E-state index contributed by atoms with van der Waals surface area (Å²) in [5.41, 5.74) is -0.0312. The predicted octanol–water partition coefficient (Wildman–Crippen LogP) is 3.30.